The first-order chi connectivity index (χ1) is 9.18. The van der Waals surface area contributed by atoms with Gasteiger partial charge in [-0.05, 0) is 12.3 Å². The normalized spacial score (nSPS) is 10.9. The molecule has 1 rings (SSSR count). The summed E-state index contributed by atoms with van der Waals surface area (Å²) in [6.07, 6.45) is -0.223. The lowest BCUT2D eigenvalue weighted by Crippen LogP contribution is -2.37. The van der Waals surface area contributed by atoms with Crippen molar-refractivity contribution in [2.24, 2.45) is 5.41 Å². The molecule has 1 heterocycles. The van der Waals surface area contributed by atoms with Crippen molar-refractivity contribution < 1.29 is 19.5 Å². The summed E-state index contributed by atoms with van der Waals surface area (Å²) in [6.45, 7) is 5.03. The smallest absolute Gasteiger partial charge is 0.327 e. The maximum absolute atomic E-state index is 11.6. The van der Waals surface area contributed by atoms with Crippen molar-refractivity contribution in [3.8, 4) is 0 Å². The van der Waals surface area contributed by atoms with Gasteiger partial charge in [0, 0.05) is 6.42 Å². The number of aromatic nitrogens is 2. The Kier molecular flexibility index (Phi) is 5.14. The second-order valence-corrected chi connectivity index (χ2v) is 6.22. The van der Waals surface area contributed by atoms with Gasteiger partial charge >= 0.3 is 12.0 Å². The molecule has 0 bridgehead atoms. The highest BCUT2D eigenvalue weighted by Gasteiger charge is 2.26. The third-order valence-electron chi connectivity index (χ3n) is 2.27. The molecule has 110 valence electrons. The van der Waals surface area contributed by atoms with Gasteiger partial charge in [0.05, 0.1) is 6.42 Å². The van der Waals surface area contributed by atoms with Crippen molar-refractivity contribution in [3.63, 3.8) is 0 Å². The minimum atomic E-state index is -0.989. The van der Waals surface area contributed by atoms with Gasteiger partial charge in [0.15, 0.2) is 0 Å². The first kappa shape index (κ1) is 16.0. The fourth-order valence-corrected chi connectivity index (χ4v) is 2.14. The number of amides is 3. The molecule has 0 aliphatic carbocycles. The van der Waals surface area contributed by atoms with Gasteiger partial charge in [-0.3, -0.25) is 20.2 Å². The number of carboxylic acid groups (broad SMARTS) is 1. The molecule has 3 N–H and O–H groups in total. The summed E-state index contributed by atoms with van der Waals surface area (Å²) in [7, 11) is 0. The highest BCUT2D eigenvalue weighted by atomic mass is 32.1. The van der Waals surface area contributed by atoms with Gasteiger partial charge in [-0.15, -0.1) is 10.2 Å². The van der Waals surface area contributed by atoms with Crippen LogP contribution in [0.15, 0.2) is 0 Å². The van der Waals surface area contributed by atoms with Gasteiger partial charge in [-0.25, -0.2) is 4.79 Å². The Bertz CT molecular complexity index is 526. The summed E-state index contributed by atoms with van der Waals surface area (Å²) < 4.78 is 0. The molecule has 0 aliphatic rings. The van der Waals surface area contributed by atoms with E-state index in [9.17, 15) is 14.4 Å². The Morgan fingerprint density at radius 1 is 1.25 bits per heavy atom. The van der Waals surface area contributed by atoms with E-state index in [2.05, 4.69) is 20.8 Å². The van der Waals surface area contributed by atoms with Crippen molar-refractivity contribution in [1.82, 2.24) is 15.5 Å². The number of carbonyl (C=O) groups is 3. The standard InChI is InChI=1S/C11H16N4O4S/c1-6-14-15-10(20-6)13-9(19)12-7(16)4-11(2,3)5-8(17)18/h4-5H2,1-3H3,(H,17,18)(H2,12,13,15,16,19). The van der Waals surface area contributed by atoms with Crippen molar-refractivity contribution in [2.75, 3.05) is 5.32 Å². The number of hydrogen-bond acceptors (Lipinski definition) is 6. The number of aliphatic carboxylic acids is 1. The molecule has 0 saturated heterocycles. The Hall–Kier alpha value is -2.03. The molecule has 0 atom stereocenters. The Morgan fingerprint density at radius 3 is 2.40 bits per heavy atom. The zero-order valence-corrected chi connectivity index (χ0v) is 12.2. The van der Waals surface area contributed by atoms with Crippen LogP contribution < -0.4 is 10.6 Å². The van der Waals surface area contributed by atoms with Crippen LogP contribution in [-0.4, -0.2) is 33.2 Å². The number of anilines is 1. The van der Waals surface area contributed by atoms with Crippen LogP contribution in [0.25, 0.3) is 0 Å². The molecule has 0 aromatic carbocycles. The van der Waals surface area contributed by atoms with Gasteiger partial charge in [-0.1, -0.05) is 25.2 Å². The molecule has 3 amide bonds. The average Bonchev–Trinajstić information content (AvgIpc) is 2.59. The van der Waals surface area contributed by atoms with Crippen molar-refractivity contribution >= 4 is 34.4 Å². The lowest BCUT2D eigenvalue weighted by atomic mass is 9.85. The number of nitrogens with zero attached hydrogens (tertiary/aromatic N) is 2. The Balaban J connectivity index is 2.45. The number of imide groups is 1. The minimum Gasteiger partial charge on any atom is -0.481 e. The van der Waals surface area contributed by atoms with Crippen LogP contribution in [0, 0.1) is 12.3 Å². The Morgan fingerprint density at radius 2 is 1.90 bits per heavy atom. The summed E-state index contributed by atoms with van der Waals surface area (Å²) in [5, 5.41) is 21.6. The van der Waals surface area contributed by atoms with Gasteiger partial charge in [-0.2, -0.15) is 0 Å². The van der Waals surface area contributed by atoms with Crippen LogP contribution in [0.1, 0.15) is 31.7 Å². The molecule has 0 unspecified atom stereocenters. The second kappa shape index (κ2) is 6.42. The quantitative estimate of drug-likeness (QED) is 0.755. The van der Waals surface area contributed by atoms with Crippen LogP contribution in [0.2, 0.25) is 0 Å². The molecule has 0 spiro atoms. The van der Waals surface area contributed by atoms with Crippen LogP contribution in [0.5, 0.6) is 0 Å². The zero-order chi connectivity index (χ0) is 15.3. The molecule has 1 aromatic rings. The zero-order valence-electron chi connectivity index (χ0n) is 11.4. The minimum absolute atomic E-state index is 0.0676. The Labute approximate surface area is 119 Å². The number of urea groups is 1. The van der Waals surface area contributed by atoms with E-state index in [4.69, 9.17) is 5.11 Å². The van der Waals surface area contributed by atoms with E-state index in [-0.39, 0.29) is 18.0 Å². The number of carbonyl (C=O) groups excluding carboxylic acids is 2. The van der Waals surface area contributed by atoms with Crippen molar-refractivity contribution in [2.45, 2.75) is 33.6 Å². The fourth-order valence-electron chi connectivity index (χ4n) is 1.55. The van der Waals surface area contributed by atoms with Crippen LogP contribution in [0.3, 0.4) is 0 Å². The van der Waals surface area contributed by atoms with Crippen LogP contribution in [0.4, 0.5) is 9.93 Å². The molecular weight excluding hydrogens is 284 g/mol. The van der Waals surface area contributed by atoms with Gasteiger partial charge in [0.2, 0.25) is 11.0 Å². The number of rotatable bonds is 5. The van der Waals surface area contributed by atoms with Gasteiger partial charge in [0.25, 0.3) is 0 Å². The molecule has 8 nitrogen and oxygen atoms in total. The predicted octanol–water partition coefficient (Wildman–Crippen LogP) is 1.39. The number of aryl methyl sites for hydroxylation is 1. The topological polar surface area (TPSA) is 121 Å². The third kappa shape index (κ3) is 5.74. The van der Waals surface area contributed by atoms with Crippen LogP contribution in [-0.2, 0) is 9.59 Å². The highest BCUT2D eigenvalue weighted by Crippen LogP contribution is 2.24. The molecule has 0 saturated carbocycles. The highest BCUT2D eigenvalue weighted by molar-refractivity contribution is 7.15. The van der Waals surface area contributed by atoms with Crippen molar-refractivity contribution in [3.05, 3.63) is 5.01 Å². The largest absolute Gasteiger partial charge is 0.481 e. The third-order valence-corrected chi connectivity index (χ3v) is 3.02. The summed E-state index contributed by atoms with van der Waals surface area (Å²) in [5.74, 6) is -1.54. The van der Waals surface area contributed by atoms with E-state index in [1.165, 1.54) is 11.3 Å². The monoisotopic (exact) mass is 300 g/mol. The molecule has 9 heteroatoms. The van der Waals surface area contributed by atoms with E-state index < -0.39 is 23.3 Å². The van der Waals surface area contributed by atoms with E-state index in [0.717, 1.165) is 0 Å². The van der Waals surface area contributed by atoms with Gasteiger partial charge < -0.3 is 5.11 Å². The van der Waals surface area contributed by atoms with E-state index in [1.807, 2.05) is 0 Å². The summed E-state index contributed by atoms with van der Waals surface area (Å²) in [5.41, 5.74) is -0.727. The fraction of sp³-hybridized carbons (Fsp3) is 0.545. The average molecular weight is 300 g/mol. The molecule has 20 heavy (non-hydrogen) atoms. The number of carboxylic acids is 1. The molecule has 0 fully saturated rings. The lowest BCUT2D eigenvalue weighted by molar-refractivity contribution is -0.139. The second-order valence-electron chi connectivity index (χ2n) is 5.04. The SMILES string of the molecule is Cc1nnc(NC(=O)NC(=O)CC(C)(C)CC(=O)O)s1. The van der Waals surface area contributed by atoms with E-state index in [1.54, 1.807) is 20.8 Å². The van der Waals surface area contributed by atoms with E-state index >= 15 is 0 Å². The first-order valence-electron chi connectivity index (χ1n) is 5.81. The number of nitrogens with one attached hydrogen (secondary N) is 2. The summed E-state index contributed by atoms with van der Waals surface area (Å²) in [6, 6.07) is -0.711. The van der Waals surface area contributed by atoms with E-state index in [0.29, 0.717) is 5.01 Å². The van der Waals surface area contributed by atoms with Gasteiger partial charge in [0.1, 0.15) is 5.01 Å². The molecule has 0 aliphatic heterocycles. The van der Waals surface area contributed by atoms with Crippen LogP contribution >= 0.6 is 11.3 Å². The number of hydrogen-bond donors (Lipinski definition) is 3. The van der Waals surface area contributed by atoms with Crippen molar-refractivity contribution in [1.29, 1.82) is 0 Å². The summed E-state index contributed by atoms with van der Waals surface area (Å²) in [4.78, 5) is 33.8. The molecule has 0 radical (unpaired) electrons. The first-order valence-corrected chi connectivity index (χ1v) is 6.62. The molecule has 1 aromatic heterocycles. The molecular formula is C11H16N4O4S. The maximum atomic E-state index is 11.6. The predicted molar refractivity (Wildman–Crippen MR) is 72.5 cm³/mol. The maximum Gasteiger partial charge on any atom is 0.327 e. The summed E-state index contributed by atoms with van der Waals surface area (Å²) >= 11 is 1.18. The lowest BCUT2D eigenvalue weighted by Gasteiger charge is -2.21.